The maximum atomic E-state index is 10.9. The molecule has 1 rings (SSSR count). The molecule has 1 aliphatic heterocycles. The monoisotopic (exact) mass is 262 g/mol. The summed E-state index contributed by atoms with van der Waals surface area (Å²) in [5.74, 6) is 0. The van der Waals surface area contributed by atoms with Crippen LogP contribution in [0.15, 0.2) is 0 Å². The molecule has 1 saturated heterocycles. The second-order valence-electron chi connectivity index (χ2n) is 3.50. The maximum absolute atomic E-state index is 10.9. The van der Waals surface area contributed by atoms with Gasteiger partial charge in [-0.1, -0.05) is 0 Å². The fourth-order valence-corrected chi connectivity index (χ4v) is 2.15. The van der Waals surface area contributed by atoms with Crippen LogP contribution in [-0.4, -0.2) is 61.1 Å². The molecular formula is C8H19N2NaO4S. The Morgan fingerprint density at radius 2 is 1.88 bits per heavy atom. The molecule has 1 heterocycles. The minimum Gasteiger partial charge on any atom is -1.00 e. The van der Waals surface area contributed by atoms with Crippen LogP contribution in [0.25, 0.3) is 0 Å². The molecule has 1 atom stereocenters. The zero-order chi connectivity index (χ0) is 11.5. The molecule has 6 nitrogen and oxygen atoms in total. The van der Waals surface area contributed by atoms with Crippen LogP contribution in [0.2, 0.25) is 0 Å². The van der Waals surface area contributed by atoms with Crippen LogP contribution >= 0.6 is 0 Å². The third kappa shape index (κ3) is 4.97. The molecule has 0 spiro atoms. The van der Waals surface area contributed by atoms with Crippen molar-refractivity contribution < 1.29 is 48.8 Å². The normalized spacial score (nSPS) is 21.4. The minimum absolute atomic E-state index is 0. The first-order chi connectivity index (χ1) is 6.95. The summed E-state index contributed by atoms with van der Waals surface area (Å²) in [6, 6.07) is 0. The van der Waals surface area contributed by atoms with Crippen LogP contribution in [0.4, 0.5) is 0 Å². The fourth-order valence-electron chi connectivity index (χ4n) is 1.57. The number of piperazine rings is 1. The summed E-state index contributed by atoms with van der Waals surface area (Å²) >= 11 is 0. The Morgan fingerprint density at radius 1 is 1.38 bits per heavy atom. The molecule has 0 radical (unpaired) electrons. The maximum Gasteiger partial charge on any atom is 1.00 e. The largest absolute Gasteiger partial charge is 1.00 e. The van der Waals surface area contributed by atoms with Crippen molar-refractivity contribution in [2.45, 2.75) is 19.2 Å². The zero-order valence-electron chi connectivity index (χ0n) is 11.1. The van der Waals surface area contributed by atoms with Gasteiger partial charge in [0, 0.05) is 26.2 Å². The first-order valence-corrected chi connectivity index (χ1v) is 6.53. The molecule has 0 amide bonds. The van der Waals surface area contributed by atoms with Crippen molar-refractivity contribution in [1.29, 1.82) is 0 Å². The van der Waals surface area contributed by atoms with Crippen molar-refractivity contribution in [3.63, 3.8) is 0 Å². The average Bonchev–Trinajstić information content (AvgIpc) is 2.17. The standard InChI is InChI=1S/C8H18N2O4S.Na.H/c1-3-14-10-6-4-9(5-7-10)8(2)15(11,12)13;;/h8H,3-7H2,1-2H3,(H,11,12,13);;/q;+1;-1. The Balaban J connectivity index is 0. The summed E-state index contributed by atoms with van der Waals surface area (Å²) in [7, 11) is -3.97. The van der Waals surface area contributed by atoms with E-state index in [4.69, 9.17) is 9.39 Å². The van der Waals surface area contributed by atoms with Crippen LogP contribution in [0.1, 0.15) is 15.3 Å². The van der Waals surface area contributed by atoms with Crippen LogP contribution in [0.3, 0.4) is 0 Å². The van der Waals surface area contributed by atoms with E-state index in [-0.39, 0.29) is 31.0 Å². The molecule has 0 aromatic heterocycles. The molecule has 0 bridgehead atoms. The van der Waals surface area contributed by atoms with Crippen molar-refractivity contribution >= 4 is 10.1 Å². The summed E-state index contributed by atoms with van der Waals surface area (Å²) in [6.45, 7) is 6.51. The Bertz CT molecular complexity index is 296. The van der Waals surface area contributed by atoms with Gasteiger partial charge in [-0.3, -0.25) is 14.3 Å². The summed E-state index contributed by atoms with van der Waals surface area (Å²) in [5.41, 5.74) is 0. The van der Waals surface area contributed by atoms with E-state index in [9.17, 15) is 8.42 Å². The Morgan fingerprint density at radius 3 is 2.25 bits per heavy atom. The van der Waals surface area contributed by atoms with Gasteiger partial charge in [-0.25, -0.2) is 0 Å². The molecule has 8 heteroatoms. The number of hydrogen-bond donors (Lipinski definition) is 1. The van der Waals surface area contributed by atoms with E-state index in [1.54, 1.807) is 4.90 Å². The van der Waals surface area contributed by atoms with Crippen LogP contribution in [0, 0.1) is 0 Å². The Hall–Kier alpha value is 0.790. The average molecular weight is 262 g/mol. The number of hydrogen-bond acceptors (Lipinski definition) is 5. The summed E-state index contributed by atoms with van der Waals surface area (Å²) in [5, 5.41) is 0.981. The summed E-state index contributed by atoms with van der Waals surface area (Å²) in [4.78, 5) is 7.02. The van der Waals surface area contributed by atoms with E-state index in [0.29, 0.717) is 32.8 Å². The third-order valence-corrected chi connectivity index (χ3v) is 3.69. The predicted octanol–water partition coefficient (Wildman–Crippen LogP) is -3.09. The molecule has 0 aromatic rings. The molecule has 0 aromatic carbocycles. The van der Waals surface area contributed by atoms with E-state index in [1.807, 2.05) is 12.0 Å². The second-order valence-corrected chi connectivity index (χ2v) is 5.21. The fraction of sp³-hybridized carbons (Fsp3) is 1.00. The van der Waals surface area contributed by atoms with Crippen LogP contribution < -0.4 is 29.6 Å². The van der Waals surface area contributed by atoms with Gasteiger partial charge in [-0.15, -0.1) is 0 Å². The van der Waals surface area contributed by atoms with Gasteiger partial charge < -0.3 is 1.43 Å². The van der Waals surface area contributed by atoms with Crippen molar-refractivity contribution in [3.8, 4) is 0 Å². The number of nitrogens with zero attached hydrogens (tertiary/aromatic N) is 2. The van der Waals surface area contributed by atoms with Crippen LogP contribution in [0.5, 0.6) is 0 Å². The van der Waals surface area contributed by atoms with Gasteiger partial charge >= 0.3 is 29.6 Å². The SMILES string of the molecule is CCON1CCN(C(C)S(=O)(=O)O)CC1.[H-].[Na+]. The first-order valence-electron chi connectivity index (χ1n) is 5.03. The second kappa shape index (κ2) is 7.27. The predicted molar refractivity (Wildman–Crippen MR) is 56.9 cm³/mol. The third-order valence-electron chi connectivity index (χ3n) is 2.53. The van der Waals surface area contributed by atoms with Gasteiger partial charge in [0.2, 0.25) is 0 Å². The van der Waals surface area contributed by atoms with Crippen LogP contribution in [-0.2, 0) is 15.0 Å². The molecule has 1 unspecified atom stereocenters. The van der Waals surface area contributed by atoms with Gasteiger partial charge in [0.1, 0.15) is 5.37 Å². The molecule has 0 saturated carbocycles. The van der Waals surface area contributed by atoms with Crippen molar-refractivity contribution in [3.05, 3.63) is 0 Å². The summed E-state index contributed by atoms with van der Waals surface area (Å²) < 4.78 is 30.7. The molecule has 0 aliphatic carbocycles. The van der Waals surface area contributed by atoms with E-state index < -0.39 is 15.5 Å². The van der Waals surface area contributed by atoms with Gasteiger partial charge in [0.05, 0.1) is 6.61 Å². The molecule has 1 N–H and O–H groups in total. The number of hydroxylamine groups is 2. The van der Waals surface area contributed by atoms with Gasteiger partial charge in [0.15, 0.2) is 0 Å². The molecule has 1 fully saturated rings. The smallest absolute Gasteiger partial charge is 1.00 e. The topological polar surface area (TPSA) is 70.1 Å². The summed E-state index contributed by atoms with van der Waals surface area (Å²) in [6.07, 6.45) is 0. The quantitative estimate of drug-likeness (QED) is 0.428. The Labute approximate surface area is 120 Å². The number of rotatable bonds is 4. The minimum atomic E-state index is -3.97. The Kier molecular flexibility index (Phi) is 7.63. The van der Waals surface area contributed by atoms with Crippen molar-refractivity contribution in [2.24, 2.45) is 0 Å². The first kappa shape index (κ1) is 16.8. The molecule has 1 aliphatic rings. The van der Waals surface area contributed by atoms with E-state index >= 15 is 0 Å². The molecular weight excluding hydrogens is 243 g/mol. The van der Waals surface area contributed by atoms with E-state index in [0.717, 1.165) is 0 Å². The van der Waals surface area contributed by atoms with E-state index in [2.05, 4.69) is 0 Å². The van der Waals surface area contributed by atoms with Gasteiger partial charge in [0.25, 0.3) is 10.1 Å². The zero-order valence-corrected chi connectivity index (χ0v) is 12.9. The van der Waals surface area contributed by atoms with Gasteiger partial charge in [-0.2, -0.15) is 13.5 Å². The molecule has 16 heavy (non-hydrogen) atoms. The van der Waals surface area contributed by atoms with Gasteiger partial charge in [-0.05, 0) is 13.8 Å². The van der Waals surface area contributed by atoms with Crippen molar-refractivity contribution in [2.75, 3.05) is 32.8 Å². The molecule has 92 valence electrons. The van der Waals surface area contributed by atoms with Crippen molar-refractivity contribution in [1.82, 2.24) is 9.96 Å². The van der Waals surface area contributed by atoms with E-state index in [1.165, 1.54) is 6.92 Å².